The van der Waals surface area contributed by atoms with Crippen LogP contribution in [-0.4, -0.2) is 18.9 Å². The highest BCUT2D eigenvalue weighted by molar-refractivity contribution is 9.10. The Morgan fingerprint density at radius 1 is 1.03 bits per heavy atom. The number of Topliss-reactive ketones (excluding diaryl/α,β-unsaturated/α-hetero) is 1. The van der Waals surface area contributed by atoms with Gasteiger partial charge in [0.25, 0.3) is 0 Å². The highest BCUT2D eigenvalue weighted by Gasteiger charge is 2.43. The van der Waals surface area contributed by atoms with Gasteiger partial charge in [0.05, 0.1) is 28.4 Å². The van der Waals surface area contributed by atoms with Gasteiger partial charge in [0.1, 0.15) is 6.61 Å². The van der Waals surface area contributed by atoms with Crippen molar-refractivity contribution in [2.45, 2.75) is 19.4 Å². The Hall–Kier alpha value is -3.06. The van der Waals surface area contributed by atoms with Gasteiger partial charge in [-0.3, -0.25) is 4.79 Å². The quantitative estimate of drug-likeness (QED) is 0.325. The van der Waals surface area contributed by atoms with Gasteiger partial charge in [-0.25, -0.2) is 4.79 Å². The van der Waals surface area contributed by atoms with E-state index in [1.807, 2.05) is 42.5 Å². The molecule has 0 fully saturated rings. The van der Waals surface area contributed by atoms with Crippen molar-refractivity contribution in [3.63, 3.8) is 0 Å². The summed E-state index contributed by atoms with van der Waals surface area (Å²) >= 11 is 16.7. The summed E-state index contributed by atoms with van der Waals surface area (Å²) in [6.45, 7) is 2.06. The number of methoxy groups -OCH3 is 1. The lowest BCUT2D eigenvalue weighted by molar-refractivity contribution is -0.136. The van der Waals surface area contributed by atoms with Crippen LogP contribution in [0, 0.1) is 0 Å². The zero-order chi connectivity index (χ0) is 25.6. The second-order valence-electron chi connectivity index (χ2n) is 8.48. The summed E-state index contributed by atoms with van der Waals surface area (Å²) in [5, 5.41) is 3.81. The Morgan fingerprint density at radius 2 is 1.67 bits per heavy atom. The van der Waals surface area contributed by atoms with Gasteiger partial charge in [0.2, 0.25) is 0 Å². The Morgan fingerprint density at radius 3 is 2.31 bits per heavy atom. The number of nitrogens with one attached hydrogen (secondary N) is 1. The van der Waals surface area contributed by atoms with E-state index < -0.39 is 11.9 Å². The van der Waals surface area contributed by atoms with E-state index >= 15 is 0 Å². The Bertz CT molecular complexity index is 1450. The number of hydrogen-bond acceptors (Lipinski definition) is 5. The molecule has 0 spiro atoms. The Balaban J connectivity index is 1.57. The molecule has 0 aromatic heterocycles. The van der Waals surface area contributed by atoms with Crippen molar-refractivity contribution in [2.24, 2.45) is 0 Å². The van der Waals surface area contributed by atoms with E-state index in [4.69, 9.17) is 32.7 Å². The normalized spacial score (nSPS) is 16.5. The van der Waals surface area contributed by atoms with Crippen LogP contribution in [0.4, 0.5) is 0 Å². The fourth-order valence-electron chi connectivity index (χ4n) is 4.66. The number of carbonyl (C=O) groups is 2. The maximum absolute atomic E-state index is 13.5. The number of ether oxygens (including phenoxy) is 2. The number of halogens is 3. The third-order valence-corrected chi connectivity index (χ3v) is 7.39. The van der Waals surface area contributed by atoms with Crippen LogP contribution in [0.3, 0.4) is 0 Å². The minimum Gasteiger partial charge on any atom is -0.486 e. The lowest BCUT2D eigenvalue weighted by atomic mass is 9.80. The van der Waals surface area contributed by atoms with Crippen LogP contribution in [0.25, 0.3) is 5.70 Å². The van der Waals surface area contributed by atoms with Crippen molar-refractivity contribution in [1.29, 1.82) is 0 Å². The van der Waals surface area contributed by atoms with E-state index in [1.54, 1.807) is 25.1 Å². The number of dihydropyridines is 1. The molecular formula is C28H20BrCl2NO4. The largest absolute Gasteiger partial charge is 0.486 e. The maximum atomic E-state index is 13.5. The number of ketones is 1. The minimum atomic E-state index is -0.718. The van der Waals surface area contributed by atoms with E-state index in [-0.39, 0.29) is 22.4 Å². The first-order valence-electron chi connectivity index (χ1n) is 11.1. The average molecular weight is 585 g/mol. The van der Waals surface area contributed by atoms with Gasteiger partial charge in [-0.1, -0.05) is 75.5 Å². The molecule has 0 saturated heterocycles. The molecule has 0 saturated carbocycles. The van der Waals surface area contributed by atoms with Crippen molar-refractivity contribution in [2.75, 3.05) is 7.11 Å². The number of esters is 1. The molecule has 36 heavy (non-hydrogen) atoms. The van der Waals surface area contributed by atoms with E-state index in [2.05, 4.69) is 21.2 Å². The lowest BCUT2D eigenvalue weighted by Crippen LogP contribution is -2.29. The van der Waals surface area contributed by atoms with E-state index in [0.29, 0.717) is 39.4 Å². The van der Waals surface area contributed by atoms with Gasteiger partial charge in [-0.15, -0.1) is 0 Å². The third kappa shape index (κ3) is 4.23. The molecule has 0 unspecified atom stereocenters. The van der Waals surface area contributed by atoms with Crippen LogP contribution < -0.4 is 10.1 Å². The van der Waals surface area contributed by atoms with Crippen molar-refractivity contribution < 1.29 is 19.1 Å². The van der Waals surface area contributed by atoms with Gasteiger partial charge in [0, 0.05) is 32.8 Å². The molecule has 1 aliphatic carbocycles. The molecule has 5 rings (SSSR count). The Kier molecular flexibility index (Phi) is 6.68. The molecule has 0 bridgehead atoms. The highest BCUT2D eigenvalue weighted by atomic mass is 79.9. The van der Waals surface area contributed by atoms with Crippen LogP contribution in [0.5, 0.6) is 5.75 Å². The fourth-order valence-corrected chi connectivity index (χ4v) is 5.54. The SMILES string of the molecule is COC(=O)C1=C(C)NC2=C(C(=O)c3ccccc32)[C@H]1c1cc(Cl)c(OCc2ccc(Br)cc2)c(Cl)c1. The first-order valence-corrected chi connectivity index (χ1v) is 12.7. The number of hydrogen-bond donors (Lipinski definition) is 1. The molecule has 1 aliphatic heterocycles. The van der Waals surface area contributed by atoms with Gasteiger partial charge >= 0.3 is 5.97 Å². The van der Waals surface area contributed by atoms with Crippen molar-refractivity contribution in [1.82, 2.24) is 5.32 Å². The number of fused-ring (bicyclic) bond motifs is 2. The Labute approximate surface area is 226 Å². The molecule has 3 aromatic rings. The molecule has 2 aliphatic rings. The molecule has 3 aromatic carbocycles. The summed E-state index contributed by atoms with van der Waals surface area (Å²) in [6, 6.07) is 18.5. The molecule has 182 valence electrons. The van der Waals surface area contributed by atoms with Crippen LogP contribution in [-0.2, 0) is 16.1 Å². The third-order valence-electron chi connectivity index (χ3n) is 6.30. The second-order valence-corrected chi connectivity index (χ2v) is 10.2. The standard InChI is InChI=1S/C28H20BrCl2NO4/c1-14-22(28(34)35-2)23(24-25(32-14)18-5-3-4-6-19(18)26(24)33)16-11-20(30)27(21(31)12-16)36-13-15-7-9-17(29)10-8-15/h3-12,23,32H,13H2,1-2H3/t23-/m0/s1. The number of carbonyl (C=O) groups excluding carboxylic acids is 2. The summed E-state index contributed by atoms with van der Waals surface area (Å²) in [4.78, 5) is 26.4. The van der Waals surface area contributed by atoms with E-state index in [9.17, 15) is 9.59 Å². The van der Waals surface area contributed by atoms with Gasteiger partial charge in [0.15, 0.2) is 11.5 Å². The topological polar surface area (TPSA) is 64.6 Å². The summed E-state index contributed by atoms with van der Waals surface area (Å²) in [5.74, 6) is -1.09. The molecule has 1 N–H and O–H groups in total. The summed E-state index contributed by atoms with van der Waals surface area (Å²) in [6.07, 6.45) is 0. The average Bonchev–Trinajstić information content (AvgIpc) is 3.14. The summed E-state index contributed by atoms with van der Waals surface area (Å²) in [5.41, 5.74) is 4.96. The van der Waals surface area contributed by atoms with Crippen LogP contribution in [0.15, 0.2) is 82.0 Å². The number of rotatable bonds is 5. The predicted molar refractivity (Wildman–Crippen MR) is 143 cm³/mol. The molecule has 0 radical (unpaired) electrons. The molecular weight excluding hydrogens is 565 g/mol. The smallest absolute Gasteiger partial charge is 0.336 e. The van der Waals surface area contributed by atoms with E-state index in [1.165, 1.54) is 7.11 Å². The van der Waals surface area contributed by atoms with E-state index in [0.717, 1.165) is 15.6 Å². The highest BCUT2D eigenvalue weighted by Crippen LogP contribution is 2.48. The molecule has 5 nitrogen and oxygen atoms in total. The minimum absolute atomic E-state index is 0.158. The molecule has 8 heteroatoms. The van der Waals surface area contributed by atoms with Crippen LogP contribution in [0.2, 0.25) is 10.0 Å². The van der Waals surface area contributed by atoms with Crippen LogP contribution >= 0.6 is 39.1 Å². The van der Waals surface area contributed by atoms with Gasteiger partial charge < -0.3 is 14.8 Å². The first kappa shape index (κ1) is 24.6. The predicted octanol–water partition coefficient (Wildman–Crippen LogP) is 7.08. The monoisotopic (exact) mass is 583 g/mol. The maximum Gasteiger partial charge on any atom is 0.336 e. The summed E-state index contributed by atoms with van der Waals surface area (Å²) < 4.78 is 12.0. The fraction of sp³-hybridized carbons (Fsp3) is 0.143. The number of benzene rings is 3. The first-order chi connectivity index (χ1) is 17.3. The zero-order valence-electron chi connectivity index (χ0n) is 19.3. The van der Waals surface area contributed by atoms with Crippen molar-refractivity contribution in [3.8, 4) is 5.75 Å². The molecule has 0 amide bonds. The zero-order valence-corrected chi connectivity index (χ0v) is 22.4. The number of allylic oxidation sites excluding steroid dienone is 2. The van der Waals surface area contributed by atoms with Crippen LogP contribution in [0.1, 0.15) is 39.9 Å². The summed E-state index contributed by atoms with van der Waals surface area (Å²) in [7, 11) is 1.31. The lowest BCUT2D eigenvalue weighted by Gasteiger charge is -2.29. The molecule has 1 atom stereocenters. The van der Waals surface area contributed by atoms with Crippen molar-refractivity contribution >= 4 is 56.6 Å². The molecule has 1 heterocycles. The van der Waals surface area contributed by atoms with Crippen molar-refractivity contribution in [3.05, 3.63) is 114 Å². The van der Waals surface area contributed by atoms with Gasteiger partial charge in [-0.05, 0) is 42.3 Å². The van der Waals surface area contributed by atoms with Gasteiger partial charge in [-0.2, -0.15) is 0 Å². The second kappa shape index (κ2) is 9.77.